The van der Waals surface area contributed by atoms with Crippen LogP contribution in [-0.4, -0.2) is 30.1 Å². The Kier molecular flexibility index (Phi) is 7.84. The normalized spacial score (nSPS) is 11.8. The number of anilines is 1. The van der Waals surface area contributed by atoms with E-state index in [1.807, 2.05) is 6.92 Å². The third-order valence-electron chi connectivity index (χ3n) is 3.19. The fraction of sp³-hybridized carbons (Fsp3) is 0.467. The SMILES string of the molecule is CCCC(CCO)CNC(=O)C(=O)Nc1cccc(Cl)c1F. The minimum absolute atomic E-state index is 0.0282. The van der Waals surface area contributed by atoms with Crippen molar-refractivity contribution in [3.63, 3.8) is 0 Å². The van der Waals surface area contributed by atoms with E-state index in [9.17, 15) is 14.0 Å². The fourth-order valence-corrected chi connectivity index (χ4v) is 2.21. The summed E-state index contributed by atoms with van der Waals surface area (Å²) in [6.45, 7) is 2.32. The smallest absolute Gasteiger partial charge is 0.313 e. The number of amides is 2. The molecule has 1 aromatic carbocycles. The van der Waals surface area contributed by atoms with Crippen molar-refractivity contribution in [2.45, 2.75) is 26.2 Å². The van der Waals surface area contributed by atoms with Gasteiger partial charge in [-0.25, -0.2) is 4.39 Å². The summed E-state index contributed by atoms with van der Waals surface area (Å²) >= 11 is 5.60. The molecule has 22 heavy (non-hydrogen) atoms. The number of aliphatic hydroxyl groups excluding tert-OH is 1. The zero-order valence-corrected chi connectivity index (χ0v) is 13.1. The van der Waals surface area contributed by atoms with Crippen LogP contribution in [0, 0.1) is 11.7 Å². The lowest BCUT2D eigenvalue weighted by molar-refractivity contribution is -0.136. The molecule has 0 aliphatic heterocycles. The second-order valence-electron chi connectivity index (χ2n) is 4.93. The highest BCUT2D eigenvalue weighted by Gasteiger charge is 2.18. The van der Waals surface area contributed by atoms with Gasteiger partial charge in [0.1, 0.15) is 0 Å². The van der Waals surface area contributed by atoms with E-state index in [0.717, 1.165) is 12.8 Å². The summed E-state index contributed by atoms with van der Waals surface area (Å²) in [5.41, 5.74) is -0.145. The molecule has 0 fully saturated rings. The van der Waals surface area contributed by atoms with Crippen LogP contribution in [0.3, 0.4) is 0 Å². The largest absolute Gasteiger partial charge is 0.396 e. The van der Waals surface area contributed by atoms with E-state index in [2.05, 4.69) is 10.6 Å². The lowest BCUT2D eigenvalue weighted by Crippen LogP contribution is -2.38. The van der Waals surface area contributed by atoms with Gasteiger partial charge >= 0.3 is 11.8 Å². The number of nitrogens with one attached hydrogen (secondary N) is 2. The minimum Gasteiger partial charge on any atom is -0.396 e. The molecule has 0 aliphatic rings. The molecule has 0 bridgehead atoms. The van der Waals surface area contributed by atoms with E-state index in [0.29, 0.717) is 13.0 Å². The summed E-state index contributed by atoms with van der Waals surface area (Å²) in [6.07, 6.45) is 2.31. The highest BCUT2D eigenvalue weighted by atomic mass is 35.5. The van der Waals surface area contributed by atoms with Crippen molar-refractivity contribution >= 4 is 29.1 Å². The second kappa shape index (κ2) is 9.38. The van der Waals surface area contributed by atoms with Crippen molar-refractivity contribution in [1.82, 2.24) is 5.32 Å². The van der Waals surface area contributed by atoms with E-state index in [4.69, 9.17) is 16.7 Å². The number of carbonyl (C=O) groups excluding carboxylic acids is 2. The van der Waals surface area contributed by atoms with Crippen LogP contribution < -0.4 is 10.6 Å². The molecule has 2 amide bonds. The number of aliphatic hydroxyl groups is 1. The van der Waals surface area contributed by atoms with Crippen LogP contribution in [0.4, 0.5) is 10.1 Å². The summed E-state index contributed by atoms with van der Waals surface area (Å²) in [6, 6.07) is 4.13. The zero-order valence-electron chi connectivity index (χ0n) is 12.4. The zero-order chi connectivity index (χ0) is 16.5. The van der Waals surface area contributed by atoms with Gasteiger partial charge in [0, 0.05) is 13.2 Å². The quantitative estimate of drug-likeness (QED) is 0.671. The van der Waals surface area contributed by atoms with Crippen molar-refractivity contribution in [2.24, 2.45) is 5.92 Å². The fourth-order valence-electron chi connectivity index (χ4n) is 2.04. The molecule has 0 spiro atoms. The number of halogens is 2. The van der Waals surface area contributed by atoms with E-state index in [-0.39, 0.29) is 23.2 Å². The van der Waals surface area contributed by atoms with Gasteiger partial charge in [-0.05, 0) is 30.9 Å². The Hall–Kier alpha value is -1.66. The molecule has 0 saturated carbocycles. The molecule has 122 valence electrons. The van der Waals surface area contributed by atoms with Gasteiger partial charge < -0.3 is 15.7 Å². The van der Waals surface area contributed by atoms with Crippen molar-refractivity contribution in [3.8, 4) is 0 Å². The first-order valence-corrected chi connectivity index (χ1v) is 7.51. The number of hydrogen-bond acceptors (Lipinski definition) is 3. The summed E-state index contributed by atoms with van der Waals surface area (Å²) < 4.78 is 13.6. The molecular weight excluding hydrogens is 311 g/mol. The lowest BCUT2D eigenvalue weighted by atomic mass is 10.0. The van der Waals surface area contributed by atoms with Crippen molar-refractivity contribution in [2.75, 3.05) is 18.5 Å². The summed E-state index contributed by atoms with van der Waals surface area (Å²) in [7, 11) is 0. The molecule has 7 heteroatoms. The average molecular weight is 331 g/mol. The van der Waals surface area contributed by atoms with Crippen LogP contribution in [0.2, 0.25) is 5.02 Å². The Labute approximate surface area is 133 Å². The van der Waals surface area contributed by atoms with Crippen LogP contribution in [0.15, 0.2) is 18.2 Å². The van der Waals surface area contributed by atoms with Gasteiger partial charge in [-0.15, -0.1) is 0 Å². The molecule has 0 saturated heterocycles. The summed E-state index contributed by atoms with van der Waals surface area (Å²) in [5.74, 6) is -2.48. The van der Waals surface area contributed by atoms with E-state index >= 15 is 0 Å². The number of benzene rings is 1. The maximum absolute atomic E-state index is 13.6. The topological polar surface area (TPSA) is 78.4 Å². The van der Waals surface area contributed by atoms with Gasteiger partial charge in [0.05, 0.1) is 10.7 Å². The first-order valence-electron chi connectivity index (χ1n) is 7.13. The molecule has 5 nitrogen and oxygen atoms in total. The highest BCUT2D eigenvalue weighted by molar-refractivity contribution is 6.39. The van der Waals surface area contributed by atoms with Crippen molar-refractivity contribution in [1.29, 1.82) is 0 Å². The van der Waals surface area contributed by atoms with Gasteiger partial charge in [0.15, 0.2) is 5.82 Å². The van der Waals surface area contributed by atoms with Crippen LogP contribution in [0.1, 0.15) is 26.2 Å². The molecule has 1 rings (SSSR count). The number of hydrogen-bond donors (Lipinski definition) is 3. The summed E-state index contributed by atoms with van der Waals surface area (Å²) in [5, 5.41) is 13.5. The monoisotopic (exact) mass is 330 g/mol. The van der Waals surface area contributed by atoms with E-state index in [1.165, 1.54) is 18.2 Å². The Morgan fingerprint density at radius 1 is 1.32 bits per heavy atom. The van der Waals surface area contributed by atoms with Gasteiger partial charge in [-0.1, -0.05) is 31.0 Å². The minimum atomic E-state index is -0.958. The van der Waals surface area contributed by atoms with Crippen LogP contribution in [-0.2, 0) is 9.59 Å². The van der Waals surface area contributed by atoms with Gasteiger partial charge in [0.2, 0.25) is 0 Å². The first-order chi connectivity index (χ1) is 10.5. The molecule has 1 aromatic rings. The summed E-state index contributed by atoms with van der Waals surface area (Å²) in [4.78, 5) is 23.4. The molecule has 0 aliphatic carbocycles. The molecule has 0 aromatic heterocycles. The molecule has 1 unspecified atom stereocenters. The predicted octanol–water partition coefficient (Wildman–Crippen LogP) is 2.33. The van der Waals surface area contributed by atoms with E-state index in [1.54, 1.807) is 0 Å². The van der Waals surface area contributed by atoms with Gasteiger partial charge in [-0.3, -0.25) is 9.59 Å². The molecule has 0 radical (unpaired) electrons. The van der Waals surface area contributed by atoms with Gasteiger partial charge in [-0.2, -0.15) is 0 Å². The average Bonchev–Trinajstić information content (AvgIpc) is 2.49. The maximum Gasteiger partial charge on any atom is 0.313 e. The molecule has 3 N–H and O–H groups in total. The van der Waals surface area contributed by atoms with Crippen LogP contribution in [0.5, 0.6) is 0 Å². The molecule has 0 heterocycles. The Morgan fingerprint density at radius 3 is 2.68 bits per heavy atom. The van der Waals surface area contributed by atoms with Gasteiger partial charge in [0.25, 0.3) is 0 Å². The highest BCUT2D eigenvalue weighted by Crippen LogP contribution is 2.21. The predicted molar refractivity (Wildman–Crippen MR) is 83.2 cm³/mol. The lowest BCUT2D eigenvalue weighted by Gasteiger charge is -2.15. The third kappa shape index (κ3) is 5.61. The van der Waals surface area contributed by atoms with Crippen molar-refractivity contribution < 1.29 is 19.1 Å². The van der Waals surface area contributed by atoms with Crippen LogP contribution in [0.25, 0.3) is 0 Å². The molecule has 1 atom stereocenters. The maximum atomic E-state index is 13.6. The van der Waals surface area contributed by atoms with Crippen molar-refractivity contribution in [3.05, 3.63) is 29.0 Å². The standard InChI is InChI=1S/C15H20ClFN2O3/c1-2-4-10(7-8-20)9-18-14(21)15(22)19-12-6-3-5-11(16)13(12)17/h3,5-6,10,20H,2,4,7-9H2,1H3,(H,18,21)(H,19,22). The number of carbonyl (C=O) groups is 2. The first kappa shape index (κ1) is 18.4. The Morgan fingerprint density at radius 2 is 2.05 bits per heavy atom. The third-order valence-corrected chi connectivity index (χ3v) is 3.48. The van der Waals surface area contributed by atoms with E-state index < -0.39 is 17.6 Å². The Balaban J connectivity index is 2.54. The second-order valence-corrected chi connectivity index (χ2v) is 5.34. The Bertz CT molecular complexity index is 520. The molecular formula is C15H20ClFN2O3. The van der Waals surface area contributed by atoms with Crippen LogP contribution >= 0.6 is 11.6 Å². The number of rotatable bonds is 7.